The second kappa shape index (κ2) is 8.07. The summed E-state index contributed by atoms with van der Waals surface area (Å²) in [5, 5.41) is 34.3. The third kappa shape index (κ3) is 3.61. The van der Waals surface area contributed by atoms with E-state index in [1.54, 1.807) is 0 Å². The Morgan fingerprint density at radius 1 is 0.909 bits per heavy atom. The van der Waals surface area contributed by atoms with Crippen LogP contribution < -0.4 is 0 Å². The van der Waals surface area contributed by atoms with Crippen molar-refractivity contribution in [3.8, 4) is 0 Å². The summed E-state index contributed by atoms with van der Waals surface area (Å²) in [5.41, 5.74) is 0.885. The van der Waals surface area contributed by atoms with E-state index >= 15 is 0 Å². The van der Waals surface area contributed by atoms with Crippen molar-refractivity contribution in [2.24, 2.45) is 45.3 Å². The molecule has 33 heavy (non-hydrogen) atoms. The summed E-state index contributed by atoms with van der Waals surface area (Å²) in [6.45, 7) is 18.3. The van der Waals surface area contributed by atoms with Crippen LogP contribution in [0.15, 0.2) is 11.6 Å². The highest BCUT2D eigenvalue weighted by Gasteiger charge is 2.71. The van der Waals surface area contributed by atoms with Gasteiger partial charge in [-0.05, 0) is 124 Å². The van der Waals surface area contributed by atoms with Crippen molar-refractivity contribution in [3.05, 3.63) is 11.6 Å². The van der Waals surface area contributed by atoms with Crippen LogP contribution in [0.1, 0.15) is 113 Å². The molecule has 0 aromatic heterocycles. The minimum Gasteiger partial charge on any atom is -0.393 e. The van der Waals surface area contributed by atoms with E-state index in [0.717, 1.165) is 44.9 Å². The van der Waals surface area contributed by atoms with Crippen LogP contribution >= 0.6 is 0 Å². The summed E-state index contributed by atoms with van der Waals surface area (Å²) < 4.78 is 0. The van der Waals surface area contributed by atoms with Crippen molar-refractivity contribution in [2.75, 3.05) is 0 Å². The molecular formula is C30H52O3. The van der Waals surface area contributed by atoms with Gasteiger partial charge in [0.1, 0.15) is 0 Å². The predicted molar refractivity (Wildman–Crippen MR) is 136 cm³/mol. The van der Waals surface area contributed by atoms with Crippen molar-refractivity contribution < 1.29 is 15.3 Å². The summed E-state index contributed by atoms with van der Waals surface area (Å²) in [6.07, 6.45) is 10.6. The third-order valence-electron chi connectivity index (χ3n) is 12.4. The molecule has 0 amide bonds. The summed E-state index contributed by atoms with van der Waals surface area (Å²) in [6, 6.07) is 0. The molecule has 3 nitrogen and oxygen atoms in total. The van der Waals surface area contributed by atoms with Crippen molar-refractivity contribution in [3.63, 3.8) is 0 Å². The van der Waals surface area contributed by atoms with Gasteiger partial charge in [0, 0.05) is 0 Å². The molecule has 9 unspecified atom stereocenters. The molecule has 4 rings (SSSR count). The Bertz CT molecular complexity index is 779. The van der Waals surface area contributed by atoms with E-state index in [4.69, 9.17) is 0 Å². The van der Waals surface area contributed by atoms with E-state index in [1.807, 2.05) is 6.92 Å². The molecule has 0 spiro atoms. The normalized spacial score (nSPS) is 50.5. The number of hydrogen-bond donors (Lipinski definition) is 3. The molecule has 0 aromatic carbocycles. The molecule has 4 aliphatic rings. The fraction of sp³-hybridized carbons (Fsp3) is 0.933. The lowest BCUT2D eigenvalue weighted by Crippen LogP contribution is -2.66. The molecule has 3 heteroatoms. The largest absolute Gasteiger partial charge is 0.393 e. The third-order valence-corrected chi connectivity index (χ3v) is 12.4. The fourth-order valence-electron chi connectivity index (χ4n) is 10.3. The zero-order valence-electron chi connectivity index (χ0n) is 22.7. The first-order valence-corrected chi connectivity index (χ1v) is 13.8. The van der Waals surface area contributed by atoms with E-state index in [2.05, 4.69) is 54.5 Å². The Hall–Kier alpha value is -0.380. The lowest BCUT2D eigenvalue weighted by atomic mass is 9.35. The van der Waals surface area contributed by atoms with Gasteiger partial charge >= 0.3 is 0 Å². The average Bonchev–Trinajstić information content (AvgIpc) is 3.08. The van der Waals surface area contributed by atoms with Crippen molar-refractivity contribution in [1.82, 2.24) is 0 Å². The number of rotatable bonds is 4. The average molecular weight is 461 g/mol. The highest BCUT2D eigenvalue weighted by molar-refractivity contribution is 5.20. The summed E-state index contributed by atoms with van der Waals surface area (Å²) >= 11 is 0. The molecule has 0 heterocycles. The van der Waals surface area contributed by atoms with E-state index in [0.29, 0.717) is 11.8 Å². The molecule has 10 atom stereocenters. The highest BCUT2D eigenvalue weighted by atomic mass is 16.3. The SMILES string of the molecule is CC(C)=CCCC(C)(O)C1CCC2(C)C1C(O)CC1C3(C)CC[C@H](O)C(C)(C)C3CCC12C. The lowest BCUT2D eigenvalue weighted by Gasteiger charge is -2.70. The topological polar surface area (TPSA) is 60.7 Å². The van der Waals surface area contributed by atoms with Gasteiger partial charge in [-0.2, -0.15) is 0 Å². The molecule has 0 aromatic rings. The molecule has 0 saturated heterocycles. The van der Waals surface area contributed by atoms with Gasteiger partial charge in [-0.1, -0.05) is 46.3 Å². The zero-order chi connectivity index (χ0) is 24.6. The van der Waals surface area contributed by atoms with Gasteiger partial charge in [-0.25, -0.2) is 0 Å². The van der Waals surface area contributed by atoms with Crippen LogP contribution in [0.3, 0.4) is 0 Å². The Kier molecular flexibility index (Phi) is 6.28. The quantitative estimate of drug-likeness (QED) is 0.420. The van der Waals surface area contributed by atoms with Gasteiger partial charge in [0.2, 0.25) is 0 Å². The van der Waals surface area contributed by atoms with E-state index in [1.165, 1.54) is 18.4 Å². The molecule has 0 bridgehead atoms. The second-order valence-corrected chi connectivity index (χ2v) is 14.5. The van der Waals surface area contributed by atoms with Gasteiger partial charge in [0.05, 0.1) is 17.8 Å². The maximum Gasteiger partial charge on any atom is 0.0654 e. The minimum absolute atomic E-state index is 0.0503. The molecule has 0 aliphatic heterocycles. The van der Waals surface area contributed by atoms with Crippen LogP contribution in [-0.2, 0) is 0 Å². The smallest absolute Gasteiger partial charge is 0.0654 e. The van der Waals surface area contributed by atoms with E-state index in [9.17, 15) is 15.3 Å². The first-order valence-electron chi connectivity index (χ1n) is 13.8. The summed E-state index contributed by atoms with van der Waals surface area (Å²) in [5.74, 6) is 1.31. The predicted octanol–water partition coefficient (Wildman–Crippen LogP) is 6.50. The van der Waals surface area contributed by atoms with Crippen molar-refractivity contribution in [1.29, 1.82) is 0 Å². The monoisotopic (exact) mass is 460 g/mol. The van der Waals surface area contributed by atoms with Gasteiger partial charge in [-0.15, -0.1) is 0 Å². The zero-order valence-corrected chi connectivity index (χ0v) is 22.7. The van der Waals surface area contributed by atoms with E-state index in [-0.39, 0.29) is 45.7 Å². The number of allylic oxidation sites excluding steroid dienone is 2. The number of fused-ring (bicyclic) bond motifs is 5. The van der Waals surface area contributed by atoms with Crippen LogP contribution in [0.25, 0.3) is 0 Å². The standard InChI is InChI=1S/C30H52O3/c1-19(2)10-9-14-30(8,33)20-11-16-29(7)25(20)21(31)18-23-27(5)15-13-24(32)26(3,4)22(27)12-17-28(23,29)6/h10,20-25,31-33H,9,11-18H2,1-8H3/t20?,21?,22?,23?,24-,25?,27?,28?,29?,30?/m0/s1. The Balaban J connectivity index is 1.66. The minimum atomic E-state index is -0.739. The molecule has 4 aliphatic carbocycles. The molecular weight excluding hydrogens is 408 g/mol. The fourth-order valence-corrected chi connectivity index (χ4v) is 10.3. The van der Waals surface area contributed by atoms with Crippen LogP contribution in [0.4, 0.5) is 0 Å². The molecule has 4 saturated carbocycles. The van der Waals surface area contributed by atoms with Crippen LogP contribution in [0, 0.1) is 45.3 Å². The van der Waals surface area contributed by atoms with Crippen LogP contribution in [0.2, 0.25) is 0 Å². The maximum absolute atomic E-state index is 11.8. The molecule has 190 valence electrons. The van der Waals surface area contributed by atoms with Crippen molar-refractivity contribution in [2.45, 2.75) is 131 Å². The van der Waals surface area contributed by atoms with Crippen molar-refractivity contribution >= 4 is 0 Å². The van der Waals surface area contributed by atoms with Gasteiger partial charge in [0.15, 0.2) is 0 Å². The summed E-state index contributed by atoms with van der Waals surface area (Å²) in [7, 11) is 0. The molecule has 4 fully saturated rings. The number of aliphatic hydroxyl groups excluding tert-OH is 2. The maximum atomic E-state index is 11.8. The lowest BCUT2D eigenvalue weighted by molar-refractivity contribution is -0.246. The van der Waals surface area contributed by atoms with Gasteiger partial charge in [-0.3, -0.25) is 0 Å². The first-order chi connectivity index (χ1) is 15.1. The number of hydrogen-bond acceptors (Lipinski definition) is 3. The van der Waals surface area contributed by atoms with E-state index < -0.39 is 5.60 Å². The number of aliphatic hydroxyl groups is 3. The molecule has 3 N–H and O–H groups in total. The Morgan fingerprint density at radius 3 is 2.18 bits per heavy atom. The second-order valence-electron chi connectivity index (χ2n) is 14.5. The Morgan fingerprint density at radius 2 is 1.55 bits per heavy atom. The first kappa shape index (κ1) is 25.7. The molecule has 0 radical (unpaired) electrons. The summed E-state index contributed by atoms with van der Waals surface area (Å²) in [4.78, 5) is 0. The Labute approximate surface area is 203 Å². The van der Waals surface area contributed by atoms with Gasteiger partial charge < -0.3 is 15.3 Å². The van der Waals surface area contributed by atoms with Crippen LogP contribution in [-0.4, -0.2) is 33.1 Å². The van der Waals surface area contributed by atoms with Gasteiger partial charge in [0.25, 0.3) is 0 Å². The highest BCUT2D eigenvalue weighted by Crippen LogP contribution is 2.75. The van der Waals surface area contributed by atoms with Crippen LogP contribution in [0.5, 0.6) is 0 Å².